The SMILES string of the molecule is O=C(Nc1ccc([C@H]2CC[C@H](C(=O)O)CC2)cc1)Nc1cccc(OCCl)c1. The lowest BCUT2D eigenvalue weighted by Crippen LogP contribution is -2.21. The predicted octanol–water partition coefficient (Wildman–Crippen LogP) is 5.26. The van der Waals surface area contributed by atoms with Crippen molar-refractivity contribution in [1.82, 2.24) is 0 Å². The van der Waals surface area contributed by atoms with E-state index in [9.17, 15) is 9.59 Å². The number of carbonyl (C=O) groups is 2. The average molecular weight is 403 g/mol. The van der Waals surface area contributed by atoms with Gasteiger partial charge in [0.05, 0.1) is 5.92 Å². The van der Waals surface area contributed by atoms with E-state index in [1.54, 1.807) is 24.3 Å². The first kappa shape index (κ1) is 20.0. The average Bonchev–Trinajstić information content (AvgIpc) is 2.69. The van der Waals surface area contributed by atoms with Gasteiger partial charge in [-0.25, -0.2) is 4.79 Å². The van der Waals surface area contributed by atoms with Gasteiger partial charge < -0.3 is 20.5 Å². The fourth-order valence-electron chi connectivity index (χ4n) is 3.53. The van der Waals surface area contributed by atoms with Crippen molar-refractivity contribution in [2.75, 3.05) is 16.7 Å². The molecule has 0 unspecified atom stereocenters. The number of urea groups is 1. The molecule has 2 amide bonds. The summed E-state index contributed by atoms with van der Waals surface area (Å²) >= 11 is 5.54. The van der Waals surface area contributed by atoms with Gasteiger partial charge >= 0.3 is 12.0 Å². The van der Waals surface area contributed by atoms with E-state index in [1.807, 2.05) is 24.3 Å². The summed E-state index contributed by atoms with van der Waals surface area (Å²) in [4.78, 5) is 23.3. The fourth-order valence-corrected chi connectivity index (χ4v) is 3.66. The zero-order valence-corrected chi connectivity index (χ0v) is 16.1. The van der Waals surface area contributed by atoms with E-state index in [0.29, 0.717) is 23.0 Å². The van der Waals surface area contributed by atoms with Crippen molar-refractivity contribution in [2.45, 2.75) is 31.6 Å². The topological polar surface area (TPSA) is 87.7 Å². The summed E-state index contributed by atoms with van der Waals surface area (Å²) in [7, 11) is 0. The number of hydrogen-bond acceptors (Lipinski definition) is 3. The third-order valence-electron chi connectivity index (χ3n) is 5.03. The maximum absolute atomic E-state index is 12.2. The minimum Gasteiger partial charge on any atom is -0.481 e. The number of carboxylic acid groups (broad SMARTS) is 1. The van der Waals surface area contributed by atoms with Crippen molar-refractivity contribution in [3.8, 4) is 5.75 Å². The molecule has 0 spiro atoms. The van der Waals surface area contributed by atoms with Crippen LogP contribution in [0.2, 0.25) is 0 Å². The number of amides is 2. The molecule has 2 aromatic rings. The molecule has 0 atom stereocenters. The van der Waals surface area contributed by atoms with Gasteiger partial charge in [-0.2, -0.15) is 0 Å². The minimum atomic E-state index is -0.691. The van der Waals surface area contributed by atoms with E-state index >= 15 is 0 Å². The first-order chi connectivity index (χ1) is 13.5. The summed E-state index contributed by atoms with van der Waals surface area (Å²) in [6, 6.07) is 14.4. The molecule has 1 aliphatic rings. The molecule has 1 saturated carbocycles. The molecule has 1 fully saturated rings. The Labute approximate surface area is 168 Å². The molecule has 28 heavy (non-hydrogen) atoms. The van der Waals surface area contributed by atoms with Gasteiger partial charge in [0.15, 0.2) is 6.07 Å². The largest absolute Gasteiger partial charge is 0.481 e. The Morgan fingerprint density at radius 3 is 2.32 bits per heavy atom. The molecule has 0 radical (unpaired) electrons. The molecule has 1 aliphatic carbocycles. The van der Waals surface area contributed by atoms with Crippen LogP contribution in [0.3, 0.4) is 0 Å². The third kappa shape index (κ3) is 5.39. The number of hydrogen-bond donors (Lipinski definition) is 3. The number of alkyl halides is 1. The van der Waals surface area contributed by atoms with Crippen LogP contribution in [-0.2, 0) is 4.79 Å². The maximum Gasteiger partial charge on any atom is 0.323 e. The molecule has 0 heterocycles. The second-order valence-corrected chi connectivity index (χ2v) is 7.09. The summed E-state index contributed by atoms with van der Waals surface area (Å²) in [5.74, 6) is 0.0518. The van der Waals surface area contributed by atoms with Crippen LogP contribution < -0.4 is 15.4 Å². The summed E-state index contributed by atoms with van der Waals surface area (Å²) in [5, 5.41) is 14.7. The highest BCUT2D eigenvalue weighted by Gasteiger charge is 2.26. The maximum atomic E-state index is 12.2. The van der Waals surface area contributed by atoms with Gasteiger partial charge in [0.1, 0.15) is 5.75 Å². The Morgan fingerprint density at radius 2 is 1.68 bits per heavy atom. The molecular weight excluding hydrogens is 380 g/mol. The smallest absolute Gasteiger partial charge is 0.323 e. The van der Waals surface area contributed by atoms with Crippen molar-refractivity contribution in [2.24, 2.45) is 5.92 Å². The highest BCUT2D eigenvalue weighted by molar-refractivity contribution is 6.17. The Bertz CT molecular complexity index is 817. The van der Waals surface area contributed by atoms with E-state index in [0.717, 1.165) is 25.7 Å². The van der Waals surface area contributed by atoms with E-state index in [1.165, 1.54) is 5.56 Å². The predicted molar refractivity (Wildman–Crippen MR) is 109 cm³/mol. The molecule has 7 heteroatoms. The van der Waals surface area contributed by atoms with Crippen LogP contribution in [-0.4, -0.2) is 23.2 Å². The Kier molecular flexibility index (Phi) is 6.76. The fraction of sp³-hybridized carbons (Fsp3) is 0.333. The summed E-state index contributed by atoms with van der Waals surface area (Å²) < 4.78 is 5.20. The van der Waals surface area contributed by atoms with Crippen molar-refractivity contribution in [1.29, 1.82) is 0 Å². The minimum absolute atomic E-state index is 0.0416. The summed E-state index contributed by atoms with van der Waals surface area (Å²) in [6.45, 7) is 0. The molecule has 3 N–H and O–H groups in total. The number of halogens is 1. The van der Waals surface area contributed by atoms with Gasteiger partial charge in [0.25, 0.3) is 0 Å². The van der Waals surface area contributed by atoms with Crippen LogP contribution >= 0.6 is 11.6 Å². The lowest BCUT2D eigenvalue weighted by Gasteiger charge is -2.26. The molecule has 0 aromatic heterocycles. The lowest BCUT2D eigenvalue weighted by atomic mass is 9.79. The van der Waals surface area contributed by atoms with Gasteiger partial charge in [0.2, 0.25) is 0 Å². The first-order valence-electron chi connectivity index (χ1n) is 9.24. The van der Waals surface area contributed by atoms with E-state index in [-0.39, 0.29) is 18.0 Å². The van der Waals surface area contributed by atoms with Crippen LogP contribution in [0.4, 0.5) is 16.2 Å². The number of aliphatic carboxylic acids is 1. The van der Waals surface area contributed by atoms with Gasteiger partial charge in [-0.15, -0.1) is 0 Å². The number of rotatable bonds is 6. The third-order valence-corrected chi connectivity index (χ3v) is 5.14. The Hall–Kier alpha value is -2.73. The first-order valence-corrected chi connectivity index (χ1v) is 9.78. The Balaban J connectivity index is 1.53. The van der Waals surface area contributed by atoms with Gasteiger partial charge in [-0.3, -0.25) is 4.79 Å². The van der Waals surface area contributed by atoms with E-state index in [2.05, 4.69) is 10.6 Å². The van der Waals surface area contributed by atoms with Crippen molar-refractivity contribution >= 4 is 35.0 Å². The summed E-state index contributed by atoms with van der Waals surface area (Å²) in [6.07, 6.45) is 3.19. The second kappa shape index (κ2) is 9.46. The van der Waals surface area contributed by atoms with Crippen molar-refractivity contribution < 1.29 is 19.4 Å². The quantitative estimate of drug-likeness (QED) is 0.575. The highest BCUT2D eigenvalue weighted by atomic mass is 35.5. The number of carbonyl (C=O) groups excluding carboxylic acids is 1. The number of ether oxygens (including phenoxy) is 1. The van der Waals surface area contributed by atoms with Crippen LogP contribution in [0.25, 0.3) is 0 Å². The number of benzene rings is 2. The molecule has 0 saturated heterocycles. The standard InChI is InChI=1S/C21H23ClN2O4/c22-13-28-19-3-1-2-18(12-19)24-21(27)23-17-10-8-15(9-11-17)14-4-6-16(7-5-14)20(25)26/h1-3,8-12,14,16H,4-7,13H2,(H,25,26)(H2,23,24,27)/t14-,16-. The number of anilines is 2. The molecule has 6 nitrogen and oxygen atoms in total. The van der Waals surface area contributed by atoms with Crippen LogP contribution in [0, 0.1) is 5.92 Å². The zero-order chi connectivity index (χ0) is 19.9. The normalized spacial score (nSPS) is 18.9. The zero-order valence-electron chi connectivity index (χ0n) is 15.4. The molecular formula is C21H23ClN2O4. The van der Waals surface area contributed by atoms with Gasteiger partial charge in [0, 0.05) is 17.4 Å². The monoisotopic (exact) mass is 402 g/mol. The summed E-state index contributed by atoms with van der Waals surface area (Å²) in [5.41, 5.74) is 2.47. The molecule has 3 rings (SSSR count). The highest BCUT2D eigenvalue weighted by Crippen LogP contribution is 2.36. The van der Waals surface area contributed by atoms with Gasteiger partial charge in [-0.1, -0.05) is 29.8 Å². The number of nitrogens with one attached hydrogen (secondary N) is 2. The lowest BCUT2D eigenvalue weighted by molar-refractivity contribution is -0.142. The van der Waals surface area contributed by atoms with E-state index < -0.39 is 5.97 Å². The van der Waals surface area contributed by atoms with Crippen LogP contribution in [0.1, 0.15) is 37.2 Å². The number of carboxylic acids is 1. The van der Waals surface area contributed by atoms with Gasteiger partial charge in [-0.05, 0) is 61.4 Å². The van der Waals surface area contributed by atoms with Crippen LogP contribution in [0.15, 0.2) is 48.5 Å². The Morgan fingerprint density at radius 1 is 1.00 bits per heavy atom. The van der Waals surface area contributed by atoms with Crippen molar-refractivity contribution in [3.05, 3.63) is 54.1 Å². The molecule has 0 bridgehead atoms. The molecule has 148 valence electrons. The van der Waals surface area contributed by atoms with Crippen LogP contribution in [0.5, 0.6) is 5.75 Å². The molecule has 2 aromatic carbocycles. The van der Waals surface area contributed by atoms with Crippen molar-refractivity contribution in [3.63, 3.8) is 0 Å². The van der Waals surface area contributed by atoms with E-state index in [4.69, 9.17) is 21.4 Å². The molecule has 0 aliphatic heterocycles. The second-order valence-electron chi connectivity index (χ2n) is 6.87.